The second-order valence-electron chi connectivity index (χ2n) is 10.5. The Morgan fingerprint density at radius 1 is 0.865 bits per heavy atom. The number of hydrogen-bond acceptors (Lipinski definition) is 3. The minimum Gasteiger partial charge on any atom is -0.374 e. The van der Waals surface area contributed by atoms with Crippen LogP contribution in [0.2, 0.25) is 0 Å². The maximum atomic E-state index is 14.0. The van der Waals surface area contributed by atoms with Crippen LogP contribution >= 0.6 is 0 Å². The van der Waals surface area contributed by atoms with E-state index in [1.165, 1.54) is 12.1 Å². The molecular formula is C25H31F9O3. The first-order chi connectivity index (χ1) is 16.8. The number of fused-ring (bicyclic) bond motifs is 2. The minimum atomic E-state index is -5.88. The average Bonchev–Trinajstić information content (AvgIpc) is 3.36. The Balaban J connectivity index is 1.62. The van der Waals surface area contributed by atoms with Gasteiger partial charge in [0.05, 0.1) is 6.10 Å². The van der Waals surface area contributed by atoms with Crippen molar-refractivity contribution in [2.75, 3.05) is 6.79 Å². The lowest BCUT2D eigenvalue weighted by Crippen LogP contribution is -2.58. The second kappa shape index (κ2) is 10.2. The maximum Gasteiger partial charge on any atom is 0.426 e. The van der Waals surface area contributed by atoms with Crippen LogP contribution in [-0.2, 0) is 15.1 Å². The third kappa shape index (κ3) is 5.75. The van der Waals surface area contributed by atoms with E-state index in [2.05, 4.69) is 0 Å². The molecule has 0 heterocycles. The summed E-state index contributed by atoms with van der Waals surface area (Å²) >= 11 is 0. The molecule has 12 heteroatoms. The van der Waals surface area contributed by atoms with Gasteiger partial charge in [-0.25, -0.2) is 0 Å². The first-order valence-corrected chi connectivity index (χ1v) is 12.1. The molecule has 6 atom stereocenters. The molecule has 1 aromatic rings. The molecule has 2 fully saturated rings. The highest BCUT2D eigenvalue weighted by atomic mass is 19.4. The van der Waals surface area contributed by atoms with Crippen LogP contribution in [0.5, 0.6) is 0 Å². The fourth-order valence-corrected chi connectivity index (χ4v) is 5.50. The summed E-state index contributed by atoms with van der Waals surface area (Å²) in [6, 6.07) is 5.91. The fourth-order valence-electron chi connectivity index (χ4n) is 5.50. The molecule has 1 aromatic carbocycles. The molecule has 2 aliphatic carbocycles. The Kier molecular flexibility index (Phi) is 8.29. The zero-order valence-corrected chi connectivity index (χ0v) is 20.6. The van der Waals surface area contributed by atoms with Crippen LogP contribution in [0.4, 0.5) is 39.5 Å². The van der Waals surface area contributed by atoms with Gasteiger partial charge in [-0.05, 0) is 73.8 Å². The van der Waals surface area contributed by atoms with Crippen LogP contribution in [0.15, 0.2) is 24.3 Å². The largest absolute Gasteiger partial charge is 0.426 e. The Bertz CT molecular complexity index is 896. The molecule has 0 aromatic heterocycles. The molecule has 0 amide bonds. The molecule has 3 nitrogen and oxygen atoms in total. The minimum absolute atomic E-state index is 0.0581. The molecule has 6 unspecified atom stereocenters. The van der Waals surface area contributed by atoms with Crippen molar-refractivity contribution in [1.29, 1.82) is 0 Å². The lowest BCUT2D eigenvalue weighted by molar-refractivity contribution is -0.373. The Morgan fingerprint density at radius 3 is 1.86 bits per heavy atom. The second-order valence-corrected chi connectivity index (χ2v) is 10.5. The summed E-state index contributed by atoms with van der Waals surface area (Å²) in [6.07, 6.45) is -17.6. The van der Waals surface area contributed by atoms with E-state index in [1.807, 2.05) is 13.8 Å². The van der Waals surface area contributed by atoms with Gasteiger partial charge in [-0.15, -0.1) is 0 Å². The molecular weight excluding hydrogens is 519 g/mol. The molecule has 0 radical (unpaired) electrons. The molecule has 3 rings (SSSR count). The summed E-state index contributed by atoms with van der Waals surface area (Å²) in [5, 5.41) is 9.51. The number of aliphatic hydroxyl groups is 1. The zero-order valence-electron chi connectivity index (χ0n) is 20.6. The van der Waals surface area contributed by atoms with E-state index in [4.69, 9.17) is 9.47 Å². The van der Waals surface area contributed by atoms with Crippen LogP contribution < -0.4 is 0 Å². The van der Waals surface area contributed by atoms with Crippen molar-refractivity contribution in [2.24, 2.45) is 17.8 Å². The van der Waals surface area contributed by atoms with Crippen molar-refractivity contribution in [1.82, 2.24) is 0 Å². The van der Waals surface area contributed by atoms with Crippen molar-refractivity contribution in [3.8, 4) is 0 Å². The highest BCUT2D eigenvalue weighted by molar-refractivity contribution is 5.30. The lowest BCUT2D eigenvalue weighted by atomic mass is 9.79. The van der Waals surface area contributed by atoms with Crippen molar-refractivity contribution >= 4 is 0 Å². The van der Waals surface area contributed by atoms with Crippen molar-refractivity contribution in [3.05, 3.63) is 35.4 Å². The lowest BCUT2D eigenvalue weighted by Gasteiger charge is -2.37. The highest BCUT2D eigenvalue weighted by Gasteiger charge is 2.71. The maximum absolute atomic E-state index is 14.0. The van der Waals surface area contributed by atoms with Crippen LogP contribution in [-0.4, -0.2) is 42.1 Å². The summed E-state index contributed by atoms with van der Waals surface area (Å²) < 4.78 is 131. The Morgan fingerprint density at radius 2 is 1.43 bits per heavy atom. The summed E-state index contributed by atoms with van der Waals surface area (Å²) in [6.45, 7) is 4.04. The van der Waals surface area contributed by atoms with Gasteiger partial charge >= 0.3 is 18.5 Å². The fraction of sp³-hybridized carbons (Fsp3) is 0.760. The Labute approximate surface area is 209 Å². The summed E-state index contributed by atoms with van der Waals surface area (Å²) in [5.74, 6) is -1.88. The quantitative estimate of drug-likeness (QED) is 0.254. The molecule has 212 valence electrons. The van der Waals surface area contributed by atoms with Crippen LogP contribution in [0.1, 0.15) is 69.9 Å². The molecule has 0 saturated heterocycles. The zero-order chi connectivity index (χ0) is 28.0. The predicted octanol–water partition coefficient (Wildman–Crippen LogP) is 7.63. The van der Waals surface area contributed by atoms with E-state index in [0.717, 1.165) is 18.9 Å². The van der Waals surface area contributed by atoms with Crippen molar-refractivity contribution < 1.29 is 54.1 Å². The number of ether oxygens (including phenoxy) is 2. The van der Waals surface area contributed by atoms with E-state index < -0.39 is 66.8 Å². The van der Waals surface area contributed by atoms with Crippen LogP contribution in [0.25, 0.3) is 0 Å². The van der Waals surface area contributed by atoms with Gasteiger partial charge in [0.1, 0.15) is 6.79 Å². The number of hydrogen-bond donors (Lipinski definition) is 1. The monoisotopic (exact) mass is 550 g/mol. The van der Waals surface area contributed by atoms with Crippen molar-refractivity contribution in [3.63, 3.8) is 0 Å². The third-order valence-electron chi connectivity index (χ3n) is 8.25. The number of rotatable bonds is 9. The van der Waals surface area contributed by atoms with Gasteiger partial charge < -0.3 is 14.6 Å². The van der Waals surface area contributed by atoms with E-state index in [0.29, 0.717) is 0 Å². The van der Waals surface area contributed by atoms with Gasteiger partial charge in [0.2, 0.25) is 0 Å². The van der Waals surface area contributed by atoms with Gasteiger partial charge in [0.25, 0.3) is 5.60 Å². The average molecular weight is 551 g/mol. The third-order valence-corrected chi connectivity index (χ3v) is 8.25. The van der Waals surface area contributed by atoms with E-state index in [9.17, 15) is 44.6 Å². The van der Waals surface area contributed by atoms with E-state index >= 15 is 0 Å². The van der Waals surface area contributed by atoms with Gasteiger partial charge in [-0.1, -0.05) is 38.1 Å². The molecule has 0 aliphatic heterocycles. The predicted molar refractivity (Wildman–Crippen MR) is 115 cm³/mol. The summed E-state index contributed by atoms with van der Waals surface area (Å²) in [7, 11) is 0. The summed E-state index contributed by atoms with van der Waals surface area (Å²) in [4.78, 5) is 0. The first-order valence-electron chi connectivity index (χ1n) is 12.1. The number of alkyl halides is 9. The highest BCUT2D eigenvalue weighted by Crippen LogP contribution is 2.56. The SMILES string of the molecule is CCC(C)c1ccc(C(C)(OCOC2CC3CC2CC3CC(O)(C(F)(F)F)C(F)(F)F)C(F)(F)F)cc1. The van der Waals surface area contributed by atoms with Crippen LogP contribution in [0.3, 0.4) is 0 Å². The normalized spacial score (nSPS) is 27.4. The van der Waals surface area contributed by atoms with Gasteiger partial charge in [-0.2, -0.15) is 39.5 Å². The Hall–Kier alpha value is -1.53. The summed E-state index contributed by atoms with van der Waals surface area (Å²) in [5.41, 5.74) is -6.74. The molecule has 2 bridgehead atoms. The molecule has 1 N–H and O–H groups in total. The van der Waals surface area contributed by atoms with Crippen molar-refractivity contribution in [2.45, 2.75) is 94.6 Å². The molecule has 2 saturated carbocycles. The van der Waals surface area contributed by atoms with Crippen LogP contribution in [0, 0.1) is 17.8 Å². The first kappa shape index (κ1) is 30.0. The number of benzene rings is 1. The molecule has 0 spiro atoms. The smallest absolute Gasteiger partial charge is 0.374 e. The van der Waals surface area contributed by atoms with Gasteiger partial charge in [0, 0.05) is 0 Å². The van der Waals surface area contributed by atoms with Gasteiger partial charge in [-0.3, -0.25) is 0 Å². The number of halogens is 9. The standard InChI is InChI=1S/C25H31F9O3/c1-4-14(2)15-5-7-19(8-6-15)21(3,23(26,27)28)37-13-36-20-11-16-9-17(20)10-18(16)12-22(35,24(29,30)31)25(32,33)34/h5-8,14,16-18,20,35H,4,9-13H2,1-3H3. The van der Waals surface area contributed by atoms with E-state index in [-0.39, 0.29) is 30.7 Å². The van der Waals surface area contributed by atoms with E-state index in [1.54, 1.807) is 12.1 Å². The topological polar surface area (TPSA) is 38.7 Å². The molecule has 37 heavy (non-hydrogen) atoms. The van der Waals surface area contributed by atoms with Gasteiger partial charge in [0.15, 0.2) is 5.60 Å². The molecule has 2 aliphatic rings.